The van der Waals surface area contributed by atoms with E-state index in [1.54, 1.807) is 0 Å². The van der Waals surface area contributed by atoms with Gasteiger partial charge in [0, 0.05) is 57.9 Å². The van der Waals surface area contributed by atoms with E-state index < -0.39 is 0 Å². The molecule has 0 aromatic heterocycles. The zero-order valence-corrected chi connectivity index (χ0v) is 17.8. The molecule has 2 aromatic carbocycles. The highest BCUT2D eigenvalue weighted by molar-refractivity contribution is 5.96. The third-order valence-corrected chi connectivity index (χ3v) is 5.44. The van der Waals surface area contributed by atoms with Crippen molar-refractivity contribution in [3.8, 4) is 0 Å². The summed E-state index contributed by atoms with van der Waals surface area (Å²) in [7, 11) is 0. The molecule has 0 bridgehead atoms. The van der Waals surface area contributed by atoms with Gasteiger partial charge in [0.05, 0.1) is 6.10 Å². The van der Waals surface area contributed by atoms with E-state index in [-0.39, 0.29) is 11.9 Å². The lowest BCUT2D eigenvalue weighted by molar-refractivity contribution is 0.000654. The predicted molar refractivity (Wildman–Crippen MR) is 118 cm³/mol. The summed E-state index contributed by atoms with van der Waals surface area (Å²) >= 11 is 0. The number of ether oxygens (including phenoxy) is 1. The number of nitrogens with zero attached hydrogens (tertiary/aromatic N) is 2. The Labute approximate surface area is 175 Å². The molecule has 0 saturated carbocycles. The molecule has 1 saturated heterocycles. The second kappa shape index (κ2) is 11.2. The lowest BCUT2D eigenvalue weighted by Crippen LogP contribution is -2.48. The van der Waals surface area contributed by atoms with Crippen LogP contribution in [0.3, 0.4) is 0 Å². The van der Waals surface area contributed by atoms with Crippen molar-refractivity contribution >= 4 is 5.78 Å². The third-order valence-electron chi connectivity index (χ3n) is 5.44. The van der Waals surface area contributed by atoms with Crippen LogP contribution in [0.4, 0.5) is 0 Å². The van der Waals surface area contributed by atoms with Crippen molar-refractivity contribution in [2.45, 2.75) is 26.4 Å². The summed E-state index contributed by atoms with van der Waals surface area (Å²) in [6.07, 6.45) is 0.707. The molecule has 0 N–H and O–H groups in total. The second-order valence-electron chi connectivity index (χ2n) is 8.31. The van der Waals surface area contributed by atoms with E-state index in [4.69, 9.17) is 4.74 Å². The fraction of sp³-hybridized carbons (Fsp3) is 0.480. The Morgan fingerprint density at radius 3 is 2.10 bits per heavy atom. The minimum Gasteiger partial charge on any atom is -0.372 e. The Bertz CT molecular complexity index is 725. The molecule has 1 heterocycles. The molecule has 1 fully saturated rings. The quantitative estimate of drug-likeness (QED) is 0.563. The number of benzene rings is 2. The summed E-state index contributed by atoms with van der Waals surface area (Å²) in [4.78, 5) is 17.2. The highest BCUT2D eigenvalue weighted by atomic mass is 16.5. The van der Waals surface area contributed by atoms with Gasteiger partial charge >= 0.3 is 0 Å². The first-order valence-corrected chi connectivity index (χ1v) is 10.8. The van der Waals surface area contributed by atoms with E-state index in [1.165, 1.54) is 5.56 Å². The molecule has 4 nitrogen and oxygen atoms in total. The Hall–Kier alpha value is -2.01. The Balaban J connectivity index is 1.45. The first-order chi connectivity index (χ1) is 14.1. The summed E-state index contributed by atoms with van der Waals surface area (Å²) in [5, 5.41) is 0. The zero-order chi connectivity index (χ0) is 20.5. The first kappa shape index (κ1) is 21.7. The molecule has 0 aliphatic carbocycles. The predicted octanol–water partition coefficient (Wildman–Crippen LogP) is 4.29. The van der Waals surface area contributed by atoms with Crippen LogP contribution >= 0.6 is 0 Å². The van der Waals surface area contributed by atoms with E-state index in [2.05, 4.69) is 54.0 Å². The van der Waals surface area contributed by atoms with Crippen LogP contribution in [0.25, 0.3) is 0 Å². The van der Waals surface area contributed by atoms with Crippen molar-refractivity contribution in [1.29, 1.82) is 0 Å². The summed E-state index contributed by atoms with van der Waals surface area (Å²) in [5.74, 6) is 0.763. The van der Waals surface area contributed by atoms with Gasteiger partial charge in [-0.2, -0.15) is 0 Å². The maximum atomic E-state index is 12.3. The topological polar surface area (TPSA) is 32.8 Å². The van der Waals surface area contributed by atoms with Crippen molar-refractivity contribution < 1.29 is 9.53 Å². The van der Waals surface area contributed by atoms with Crippen LogP contribution in [-0.4, -0.2) is 61.5 Å². The van der Waals surface area contributed by atoms with Crippen LogP contribution in [0.5, 0.6) is 0 Å². The van der Waals surface area contributed by atoms with Gasteiger partial charge in [-0.3, -0.25) is 9.69 Å². The maximum Gasteiger partial charge on any atom is 0.164 e. The largest absolute Gasteiger partial charge is 0.372 e. The SMILES string of the molecule is CC(C)COC(CN1CCN(CCC(=O)c2ccccc2)CC1)c1ccccc1. The number of hydrogen-bond acceptors (Lipinski definition) is 4. The first-order valence-electron chi connectivity index (χ1n) is 10.8. The van der Waals surface area contributed by atoms with Gasteiger partial charge in [-0.1, -0.05) is 74.5 Å². The molecule has 0 radical (unpaired) electrons. The monoisotopic (exact) mass is 394 g/mol. The van der Waals surface area contributed by atoms with Crippen LogP contribution in [0.2, 0.25) is 0 Å². The average Bonchev–Trinajstić information content (AvgIpc) is 2.77. The van der Waals surface area contributed by atoms with Crippen LogP contribution in [0.15, 0.2) is 60.7 Å². The molecular weight excluding hydrogens is 360 g/mol. The molecule has 156 valence electrons. The minimum atomic E-state index is 0.116. The Morgan fingerprint density at radius 2 is 1.48 bits per heavy atom. The summed E-state index contributed by atoms with van der Waals surface area (Å²) in [5.41, 5.74) is 2.07. The number of piperazine rings is 1. The van der Waals surface area contributed by atoms with Crippen LogP contribution < -0.4 is 0 Å². The molecule has 3 rings (SSSR count). The molecule has 0 spiro atoms. The third kappa shape index (κ3) is 7.07. The Kier molecular flexibility index (Phi) is 8.41. The van der Waals surface area contributed by atoms with Gasteiger partial charge in [-0.05, 0) is 11.5 Å². The van der Waals surface area contributed by atoms with E-state index in [9.17, 15) is 4.79 Å². The lowest BCUT2D eigenvalue weighted by atomic mass is 10.1. The molecule has 1 aliphatic rings. The zero-order valence-electron chi connectivity index (χ0n) is 17.8. The van der Waals surface area contributed by atoms with Gasteiger partial charge in [-0.25, -0.2) is 0 Å². The van der Waals surface area contributed by atoms with Gasteiger partial charge in [-0.15, -0.1) is 0 Å². The molecule has 29 heavy (non-hydrogen) atoms. The van der Waals surface area contributed by atoms with E-state index in [0.29, 0.717) is 12.3 Å². The van der Waals surface area contributed by atoms with Gasteiger partial charge in [0.15, 0.2) is 5.78 Å². The molecule has 0 amide bonds. The highest BCUT2D eigenvalue weighted by Gasteiger charge is 2.22. The number of ketones is 1. The number of hydrogen-bond donors (Lipinski definition) is 0. The Morgan fingerprint density at radius 1 is 0.897 bits per heavy atom. The smallest absolute Gasteiger partial charge is 0.164 e. The van der Waals surface area contributed by atoms with Crippen LogP contribution in [0, 0.1) is 5.92 Å². The van der Waals surface area contributed by atoms with Gasteiger partial charge in [0.2, 0.25) is 0 Å². The van der Waals surface area contributed by atoms with E-state index in [1.807, 2.05) is 30.3 Å². The lowest BCUT2D eigenvalue weighted by Gasteiger charge is -2.36. The van der Waals surface area contributed by atoms with Crippen molar-refractivity contribution in [2.24, 2.45) is 5.92 Å². The van der Waals surface area contributed by atoms with E-state index >= 15 is 0 Å². The maximum absolute atomic E-state index is 12.3. The summed E-state index contributed by atoms with van der Waals surface area (Å²) in [6.45, 7) is 11.0. The van der Waals surface area contributed by atoms with Crippen molar-refractivity contribution in [2.75, 3.05) is 45.9 Å². The number of carbonyl (C=O) groups excluding carboxylic acids is 1. The summed E-state index contributed by atoms with van der Waals surface area (Å²) in [6, 6.07) is 20.2. The van der Waals surface area contributed by atoms with Crippen LogP contribution in [-0.2, 0) is 4.74 Å². The second-order valence-corrected chi connectivity index (χ2v) is 8.31. The van der Waals surface area contributed by atoms with Crippen LogP contribution in [0.1, 0.15) is 42.3 Å². The number of rotatable bonds is 10. The van der Waals surface area contributed by atoms with Crippen molar-refractivity contribution in [3.63, 3.8) is 0 Å². The number of Topliss-reactive ketones (excluding diaryl/α,β-unsaturated/α-hetero) is 1. The van der Waals surface area contributed by atoms with Gasteiger partial charge in [0.25, 0.3) is 0 Å². The number of carbonyl (C=O) groups is 1. The minimum absolute atomic E-state index is 0.116. The molecule has 2 aromatic rings. The van der Waals surface area contributed by atoms with Crippen molar-refractivity contribution in [1.82, 2.24) is 9.80 Å². The molecule has 1 aliphatic heterocycles. The standard InChI is InChI=1S/C25H34N2O2/c1-21(2)20-29-25(23-11-7-4-8-12-23)19-27-17-15-26(16-18-27)14-13-24(28)22-9-5-3-6-10-22/h3-12,21,25H,13-20H2,1-2H3. The molecule has 1 unspecified atom stereocenters. The van der Waals surface area contributed by atoms with Gasteiger partial charge < -0.3 is 9.64 Å². The average molecular weight is 395 g/mol. The molecule has 1 atom stereocenters. The summed E-state index contributed by atoms with van der Waals surface area (Å²) < 4.78 is 6.25. The normalized spacial score (nSPS) is 16.8. The molecular formula is C25H34N2O2. The van der Waals surface area contributed by atoms with Crippen molar-refractivity contribution in [3.05, 3.63) is 71.8 Å². The molecule has 4 heteroatoms. The van der Waals surface area contributed by atoms with Gasteiger partial charge in [0.1, 0.15) is 0 Å². The highest BCUT2D eigenvalue weighted by Crippen LogP contribution is 2.20. The fourth-order valence-electron chi connectivity index (χ4n) is 3.69. The fourth-order valence-corrected chi connectivity index (χ4v) is 3.69. The van der Waals surface area contributed by atoms with E-state index in [0.717, 1.165) is 51.4 Å².